The van der Waals surface area contributed by atoms with E-state index in [2.05, 4.69) is 4.74 Å². The van der Waals surface area contributed by atoms with E-state index in [4.69, 9.17) is 5.11 Å². The highest BCUT2D eigenvalue weighted by Crippen LogP contribution is 2.13. The minimum atomic E-state index is -0.0756. The van der Waals surface area contributed by atoms with Gasteiger partial charge >= 0.3 is 5.97 Å². The normalized spacial score (nSPS) is 10.8. The van der Waals surface area contributed by atoms with Crippen LogP contribution in [0.5, 0.6) is 0 Å². The maximum atomic E-state index is 10.9. The fourth-order valence-electron chi connectivity index (χ4n) is 2.78. The predicted molar refractivity (Wildman–Crippen MR) is 93.0 cm³/mol. The second-order valence-corrected chi connectivity index (χ2v) is 6.35. The van der Waals surface area contributed by atoms with E-state index in [1.165, 1.54) is 84.2 Å². The fourth-order valence-corrected chi connectivity index (χ4v) is 2.78. The van der Waals surface area contributed by atoms with Gasteiger partial charge in [0.05, 0.1) is 7.11 Å². The number of hydrogen-bond donors (Lipinski definition) is 1. The highest BCUT2D eigenvalue weighted by Gasteiger charge is 1.99. The van der Waals surface area contributed by atoms with Crippen molar-refractivity contribution >= 4 is 5.97 Å². The van der Waals surface area contributed by atoms with Gasteiger partial charge in [-0.15, -0.1) is 0 Å². The molecule has 0 amide bonds. The molecule has 0 fully saturated rings. The topological polar surface area (TPSA) is 46.5 Å². The van der Waals surface area contributed by atoms with Crippen molar-refractivity contribution in [3.05, 3.63) is 0 Å². The van der Waals surface area contributed by atoms with Gasteiger partial charge in [-0.05, 0) is 12.8 Å². The van der Waals surface area contributed by atoms with Gasteiger partial charge in [0.1, 0.15) is 0 Å². The Bertz CT molecular complexity index is 229. The van der Waals surface area contributed by atoms with E-state index < -0.39 is 0 Å². The zero-order valence-electron chi connectivity index (χ0n) is 14.8. The smallest absolute Gasteiger partial charge is 0.305 e. The summed E-state index contributed by atoms with van der Waals surface area (Å²) in [6.45, 7) is 0.352. The van der Waals surface area contributed by atoms with E-state index in [9.17, 15) is 4.79 Å². The molecule has 0 saturated heterocycles. The van der Waals surface area contributed by atoms with Gasteiger partial charge in [0.2, 0.25) is 0 Å². The van der Waals surface area contributed by atoms with Gasteiger partial charge in [0, 0.05) is 13.0 Å². The summed E-state index contributed by atoms with van der Waals surface area (Å²) in [6.07, 6.45) is 19.7. The van der Waals surface area contributed by atoms with Crippen molar-refractivity contribution < 1.29 is 14.6 Å². The molecular weight excluding hydrogens is 276 g/mol. The Labute approximate surface area is 137 Å². The van der Waals surface area contributed by atoms with E-state index in [0.717, 1.165) is 19.3 Å². The number of esters is 1. The molecule has 0 aromatic heterocycles. The molecule has 0 aromatic rings. The van der Waals surface area contributed by atoms with Crippen LogP contribution in [0, 0.1) is 0 Å². The molecule has 0 heterocycles. The largest absolute Gasteiger partial charge is 0.469 e. The van der Waals surface area contributed by atoms with Crippen LogP contribution in [0.4, 0.5) is 0 Å². The number of rotatable bonds is 17. The summed E-state index contributed by atoms with van der Waals surface area (Å²) < 4.78 is 4.63. The molecule has 0 aliphatic rings. The molecule has 0 aliphatic heterocycles. The van der Waals surface area contributed by atoms with E-state index in [1.54, 1.807) is 0 Å². The third kappa shape index (κ3) is 17.5. The maximum Gasteiger partial charge on any atom is 0.305 e. The number of hydrogen-bond acceptors (Lipinski definition) is 3. The van der Waals surface area contributed by atoms with Crippen LogP contribution in [0.2, 0.25) is 0 Å². The number of aliphatic hydroxyl groups is 1. The van der Waals surface area contributed by atoms with Crippen LogP contribution in [0.25, 0.3) is 0 Å². The average molecular weight is 315 g/mol. The summed E-state index contributed by atoms with van der Waals surface area (Å²) >= 11 is 0. The first-order valence-corrected chi connectivity index (χ1v) is 9.49. The number of unbranched alkanes of at least 4 members (excludes halogenated alkanes) is 14. The first kappa shape index (κ1) is 21.4. The Hall–Kier alpha value is -0.570. The van der Waals surface area contributed by atoms with Crippen molar-refractivity contribution in [1.82, 2.24) is 0 Å². The van der Waals surface area contributed by atoms with Gasteiger partial charge in [-0.25, -0.2) is 0 Å². The van der Waals surface area contributed by atoms with Crippen LogP contribution in [0.15, 0.2) is 0 Å². The molecule has 0 aromatic carbocycles. The SMILES string of the molecule is COC(=O)CCCCCCCCCCCCCCCCCO. The molecule has 1 N–H and O–H groups in total. The highest BCUT2D eigenvalue weighted by molar-refractivity contribution is 5.68. The van der Waals surface area contributed by atoms with Gasteiger partial charge in [0.25, 0.3) is 0 Å². The van der Waals surface area contributed by atoms with Crippen molar-refractivity contribution in [2.75, 3.05) is 13.7 Å². The maximum absolute atomic E-state index is 10.9. The molecule has 132 valence electrons. The number of carbonyl (C=O) groups excluding carboxylic acids is 1. The molecule has 0 saturated carbocycles. The highest BCUT2D eigenvalue weighted by atomic mass is 16.5. The number of methoxy groups -OCH3 is 1. The Morgan fingerprint density at radius 2 is 0.955 bits per heavy atom. The molecule has 0 bridgehead atoms. The lowest BCUT2D eigenvalue weighted by Gasteiger charge is -2.03. The van der Waals surface area contributed by atoms with Crippen molar-refractivity contribution in [2.24, 2.45) is 0 Å². The van der Waals surface area contributed by atoms with Crippen LogP contribution in [-0.2, 0) is 9.53 Å². The molecule has 3 heteroatoms. The molecule has 0 aliphatic carbocycles. The van der Waals surface area contributed by atoms with Crippen LogP contribution in [0.3, 0.4) is 0 Å². The second kappa shape index (κ2) is 18.5. The molecule has 0 atom stereocenters. The minimum Gasteiger partial charge on any atom is -0.469 e. The zero-order valence-corrected chi connectivity index (χ0v) is 14.8. The summed E-state index contributed by atoms with van der Waals surface area (Å²) in [7, 11) is 1.46. The fraction of sp³-hybridized carbons (Fsp3) is 0.947. The number of ether oxygens (including phenoxy) is 1. The van der Waals surface area contributed by atoms with Crippen LogP contribution in [-0.4, -0.2) is 24.8 Å². The van der Waals surface area contributed by atoms with Gasteiger partial charge < -0.3 is 9.84 Å². The Morgan fingerprint density at radius 3 is 1.27 bits per heavy atom. The first-order chi connectivity index (χ1) is 10.8. The van der Waals surface area contributed by atoms with Gasteiger partial charge in [0.15, 0.2) is 0 Å². The third-order valence-corrected chi connectivity index (χ3v) is 4.27. The summed E-state index contributed by atoms with van der Waals surface area (Å²) in [5, 5.41) is 8.68. The van der Waals surface area contributed by atoms with E-state index >= 15 is 0 Å². The van der Waals surface area contributed by atoms with Crippen LogP contribution in [0.1, 0.15) is 103 Å². The summed E-state index contributed by atoms with van der Waals surface area (Å²) in [5.41, 5.74) is 0. The van der Waals surface area contributed by atoms with Crippen LogP contribution < -0.4 is 0 Å². The lowest BCUT2D eigenvalue weighted by molar-refractivity contribution is -0.140. The molecule has 0 radical (unpaired) electrons. The lowest BCUT2D eigenvalue weighted by Crippen LogP contribution is -1.99. The van der Waals surface area contributed by atoms with E-state index in [0.29, 0.717) is 13.0 Å². The van der Waals surface area contributed by atoms with Crippen LogP contribution >= 0.6 is 0 Å². The summed E-state index contributed by atoms with van der Waals surface area (Å²) in [4.78, 5) is 10.9. The van der Waals surface area contributed by atoms with E-state index in [-0.39, 0.29) is 5.97 Å². The monoisotopic (exact) mass is 314 g/mol. The predicted octanol–water partition coefficient (Wildman–Crippen LogP) is 5.39. The lowest BCUT2D eigenvalue weighted by atomic mass is 10.0. The second-order valence-electron chi connectivity index (χ2n) is 6.35. The zero-order chi connectivity index (χ0) is 16.3. The number of carbonyl (C=O) groups is 1. The first-order valence-electron chi connectivity index (χ1n) is 9.49. The molecular formula is C19H38O3. The quantitative estimate of drug-likeness (QED) is 0.289. The van der Waals surface area contributed by atoms with E-state index in [1.807, 2.05) is 0 Å². The Balaban J connectivity index is 2.98. The minimum absolute atomic E-state index is 0.0756. The van der Waals surface area contributed by atoms with Crippen molar-refractivity contribution in [3.8, 4) is 0 Å². The standard InChI is InChI=1S/C19H38O3/c1-22-19(21)17-15-13-11-9-7-5-3-2-4-6-8-10-12-14-16-18-20/h20H,2-18H2,1H3. The van der Waals surface area contributed by atoms with Crippen molar-refractivity contribution in [1.29, 1.82) is 0 Å². The molecule has 0 rings (SSSR count). The molecule has 3 nitrogen and oxygen atoms in total. The third-order valence-electron chi connectivity index (χ3n) is 4.27. The molecule has 0 spiro atoms. The van der Waals surface area contributed by atoms with Crippen molar-refractivity contribution in [2.45, 2.75) is 103 Å². The Kier molecular flexibility index (Phi) is 18.0. The van der Waals surface area contributed by atoms with Gasteiger partial charge in [-0.3, -0.25) is 4.79 Å². The number of aliphatic hydroxyl groups excluding tert-OH is 1. The molecule has 22 heavy (non-hydrogen) atoms. The average Bonchev–Trinajstić information content (AvgIpc) is 2.54. The Morgan fingerprint density at radius 1 is 0.636 bits per heavy atom. The van der Waals surface area contributed by atoms with Gasteiger partial charge in [-0.1, -0.05) is 83.5 Å². The van der Waals surface area contributed by atoms with Crippen molar-refractivity contribution in [3.63, 3.8) is 0 Å². The summed E-state index contributed by atoms with van der Waals surface area (Å²) in [6, 6.07) is 0. The summed E-state index contributed by atoms with van der Waals surface area (Å²) in [5.74, 6) is -0.0756. The molecule has 0 unspecified atom stereocenters. The van der Waals surface area contributed by atoms with Gasteiger partial charge in [-0.2, -0.15) is 0 Å².